The molecule has 0 N–H and O–H groups in total. The highest BCUT2D eigenvalue weighted by molar-refractivity contribution is 6.05. The van der Waals surface area contributed by atoms with Gasteiger partial charge in [0.1, 0.15) is 29.6 Å². The Bertz CT molecular complexity index is 847. The van der Waals surface area contributed by atoms with Gasteiger partial charge in [0.25, 0.3) is 5.91 Å². The maximum atomic E-state index is 12.7. The van der Waals surface area contributed by atoms with Crippen molar-refractivity contribution in [3.63, 3.8) is 0 Å². The van der Waals surface area contributed by atoms with Crippen molar-refractivity contribution in [3.05, 3.63) is 72.2 Å². The van der Waals surface area contributed by atoms with Crippen LogP contribution in [0.4, 0.5) is 5.82 Å². The summed E-state index contributed by atoms with van der Waals surface area (Å²) in [5.74, 6) is 1.36. The SMILES string of the molecule is CC.O=C1c2cc(COc3ccccc3)nn2CCN1c1ccccn1. The fraction of sp³-hybridized carbons (Fsp3) is 0.250. The predicted molar refractivity (Wildman–Crippen MR) is 100 cm³/mol. The summed E-state index contributed by atoms with van der Waals surface area (Å²) >= 11 is 0. The van der Waals surface area contributed by atoms with E-state index in [2.05, 4.69) is 10.1 Å². The summed E-state index contributed by atoms with van der Waals surface area (Å²) in [6.07, 6.45) is 1.69. The van der Waals surface area contributed by atoms with Crippen LogP contribution in [0.5, 0.6) is 5.75 Å². The van der Waals surface area contributed by atoms with Crippen LogP contribution in [0.15, 0.2) is 60.8 Å². The summed E-state index contributed by atoms with van der Waals surface area (Å²) in [6, 6.07) is 16.9. The van der Waals surface area contributed by atoms with Crippen molar-refractivity contribution in [2.75, 3.05) is 11.4 Å². The summed E-state index contributed by atoms with van der Waals surface area (Å²) < 4.78 is 7.44. The Hall–Kier alpha value is -3.15. The number of hydrogen-bond acceptors (Lipinski definition) is 4. The lowest BCUT2D eigenvalue weighted by atomic mass is 10.2. The van der Waals surface area contributed by atoms with Crippen molar-refractivity contribution in [2.24, 2.45) is 0 Å². The van der Waals surface area contributed by atoms with Crippen LogP contribution in [-0.2, 0) is 13.2 Å². The Morgan fingerprint density at radius 1 is 1.04 bits per heavy atom. The summed E-state index contributed by atoms with van der Waals surface area (Å²) in [5.41, 5.74) is 1.31. The molecular weight excluding hydrogens is 328 g/mol. The van der Waals surface area contributed by atoms with Crippen LogP contribution in [0.25, 0.3) is 0 Å². The number of carbonyl (C=O) groups excluding carboxylic acids is 1. The van der Waals surface area contributed by atoms with Crippen LogP contribution in [0, 0.1) is 0 Å². The van der Waals surface area contributed by atoms with E-state index in [1.807, 2.05) is 62.4 Å². The highest BCUT2D eigenvalue weighted by atomic mass is 16.5. The van der Waals surface area contributed by atoms with Gasteiger partial charge in [0.05, 0.1) is 6.54 Å². The van der Waals surface area contributed by atoms with E-state index in [0.29, 0.717) is 31.2 Å². The number of para-hydroxylation sites is 1. The van der Waals surface area contributed by atoms with Gasteiger partial charge >= 0.3 is 0 Å². The third kappa shape index (κ3) is 3.74. The normalized spacial score (nSPS) is 12.8. The largest absolute Gasteiger partial charge is 0.487 e. The molecule has 1 aromatic carbocycles. The average Bonchev–Trinajstić information content (AvgIpc) is 3.14. The van der Waals surface area contributed by atoms with E-state index in [0.717, 1.165) is 11.4 Å². The number of hydrogen-bond donors (Lipinski definition) is 0. The number of carbonyl (C=O) groups is 1. The number of nitrogens with zero attached hydrogens (tertiary/aromatic N) is 4. The van der Waals surface area contributed by atoms with E-state index in [1.165, 1.54) is 0 Å². The van der Waals surface area contributed by atoms with E-state index < -0.39 is 0 Å². The molecule has 0 saturated carbocycles. The zero-order valence-electron chi connectivity index (χ0n) is 15.0. The van der Waals surface area contributed by atoms with Crippen molar-refractivity contribution in [3.8, 4) is 5.75 Å². The smallest absolute Gasteiger partial charge is 0.277 e. The molecule has 0 atom stereocenters. The van der Waals surface area contributed by atoms with Crippen molar-refractivity contribution in [1.82, 2.24) is 14.8 Å². The number of benzene rings is 1. The van der Waals surface area contributed by atoms with E-state index >= 15 is 0 Å². The molecule has 3 heterocycles. The van der Waals surface area contributed by atoms with Crippen molar-refractivity contribution < 1.29 is 9.53 Å². The Morgan fingerprint density at radius 2 is 1.81 bits per heavy atom. The quantitative estimate of drug-likeness (QED) is 0.722. The van der Waals surface area contributed by atoms with Gasteiger partial charge < -0.3 is 4.74 Å². The average molecular weight is 350 g/mol. The Morgan fingerprint density at radius 3 is 2.54 bits per heavy atom. The Balaban J connectivity index is 0.000000948. The van der Waals surface area contributed by atoms with Crippen LogP contribution in [0.3, 0.4) is 0 Å². The van der Waals surface area contributed by atoms with E-state index in [4.69, 9.17) is 4.74 Å². The second-order valence-corrected chi connectivity index (χ2v) is 5.49. The van der Waals surface area contributed by atoms with E-state index in [9.17, 15) is 4.79 Å². The minimum Gasteiger partial charge on any atom is -0.487 e. The number of amides is 1. The molecule has 0 unspecified atom stereocenters. The van der Waals surface area contributed by atoms with Gasteiger partial charge in [0.2, 0.25) is 0 Å². The van der Waals surface area contributed by atoms with Crippen molar-refractivity contribution >= 4 is 11.7 Å². The van der Waals surface area contributed by atoms with Gasteiger partial charge in [-0.2, -0.15) is 5.10 Å². The molecule has 0 spiro atoms. The van der Waals surface area contributed by atoms with Gasteiger partial charge in [-0.1, -0.05) is 38.1 Å². The number of ether oxygens (including phenoxy) is 1. The van der Waals surface area contributed by atoms with Gasteiger partial charge in [-0.15, -0.1) is 0 Å². The summed E-state index contributed by atoms with van der Waals surface area (Å²) in [5, 5.41) is 4.47. The van der Waals surface area contributed by atoms with Crippen molar-refractivity contribution in [1.29, 1.82) is 0 Å². The minimum absolute atomic E-state index is 0.0848. The maximum absolute atomic E-state index is 12.7. The molecule has 1 amide bonds. The van der Waals surface area contributed by atoms with Gasteiger partial charge in [0, 0.05) is 12.7 Å². The first-order valence-corrected chi connectivity index (χ1v) is 8.79. The lowest BCUT2D eigenvalue weighted by Crippen LogP contribution is -2.40. The van der Waals surface area contributed by atoms with Crippen LogP contribution in [-0.4, -0.2) is 27.2 Å². The number of fused-ring (bicyclic) bond motifs is 1. The molecule has 2 aromatic heterocycles. The molecule has 0 bridgehead atoms. The summed E-state index contributed by atoms with van der Waals surface area (Å²) in [4.78, 5) is 18.6. The van der Waals surface area contributed by atoms with Crippen molar-refractivity contribution in [2.45, 2.75) is 27.0 Å². The van der Waals surface area contributed by atoms with Gasteiger partial charge in [-0.25, -0.2) is 4.98 Å². The number of rotatable bonds is 4. The van der Waals surface area contributed by atoms with E-state index in [-0.39, 0.29) is 5.91 Å². The zero-order chi connectivity index (χ0) is 18.4. The highest BCUT2D eigenvalue weighted by Gasteiger charge is 2.28. The Kier molecular flexibility index (Phi) is 5.63. The van der Waals surface area contributed by atoms with Crippen LogP contribution in [0.1, 0.15) is 30.0 Å². The number of pyridine rings is 1. The molecule has 26 heavy (non-hydrogen) atoms. The summed E-state index contributed by atoms with van der Waals surface area (Å²) in [6.45, 7) is 5.54. The zero-order valence-corrected chi connectivity index (χ0v) is 15.0. The third-order valence-corrected chi connectivity index (χ3v) is 3.89. The molecule has 0 fully saturated rings. The fourth-order valence-corrected chi connectivity index (χ4v) is 2.72. The molecule has 1 aliphatic rings. The third-order valence-electron chi connectivity index (χ3n) is 3.89. The fourth-order valence-electron chi connectivity index (χ4n) is 2.72. The second-order valence-electron chi connectivity index (χ2n) is 5.49. The number of anilines is 1. The predicted octanol–water partition coefficient (Wildman–Crippen LogP) is 3.54. The first-order valence-electron chi connectivity index (χ1n) is 8.79. The van der Waals surface area contributed by atoms with Gasteiger partial charge in [0.15, 0.2) is 0 Å². The molecule has 0 radical (unpaired) electrons. The molecule has 0 saturated heterocycles. The summed E-state index contributed by atoms with van der Waals surface area (Å²) in [7, 11) is 0. The minimum atomic E-state index is -0.0848. The highest BCUT2D eigenvalue weighted by Crippen LogP contribution is 2.20. The van der Waals surface area contributed by atoms with Crippen LogP contribution < -0.4 is 9.64 Å². The molecular formula is C20H22N4O2. The lowest BCUT2D eigenvalue weighted by Gasteiger charge is -2.26. The molecule has 0 aliphatic carbocycles. The van der Waals surface area contributed by atoms with Crippen LogP contribution in [0.2, 0.25) is 0 Å². The topological polar surface area (TPSA) is 60.2 Å². The Labute approximate surface area is 153 Å². The first-order chi connectivity index (χ1) is 12.8. The molecule has 134 valence electrons. The standard InChI is InChI=1S/C18H16N4O2.C2H6/c23-18-16-12-14(13-24-15-6-2-1-3-7-15)20-22(16)11-10-21(18)17-8-4-5-9-19-17;1-2/h1-9,12H,10-11,13H2;1-2H3. The molecule has 4 rings (SSSR count). The molecule has 1 aliphatic heterocycles. The monoisotopic (exact) mass is 350 g/mol. The van der Waals surface area contributed by atoms with E-state index in [1.54, 1.807) is 21.8 Å². The maximum Gasteiger partial charge on any atom is 0.277 e. The number of aromatic nitrogens is 3. The molecule has 6 nitrogen and oxygen atoms in total. The second kappa shape index (κ2) is 8.29. The van der Waals surface area contributed by atoms with Gasteiger partial charge in [-0.3, -0.25) is 14.4 Å². The van der Waals surface area contributed by atoms with Gasteiger partial charge in [-0.05, 0) is 30.3 Å². The van der Waals surface area contributed by atoms with Crippen LogP contribution >= 0.6 is 0 Å². The lowest BCUT2D eigenvalue weighted by molar-refractivity contribution is 0.0961. The molecule has 6 heteroatoms. The first kappa shape index (κ1) is 17.7. The molecule has 3 aromatic rings.